The molecule has 0 radical (unpaired) electrons. The first-order valence-electron chi connectivity index (χ1n) is 6.44. The first-order valence-corrected chi connectivity index (χ1v) is 6.82. The molecule has 0 saturated heterocycles. The van der Waals surface area contributed by atoms with Crippen LogP contribution in [0.4, 0.5) is 0 Å². The number of hydrogen-bond acceptors (Lipinski definition) is 2. The third-order valence-corrected chi connectivity index (χ3v) is 3.10. The van der Waals surface area contributed by atoms with Crippen LogP contribution in [0.15, 0.2) is 36.5 Å². The van der Waals surface area contributed by atoms with Crippen molar-refractivity contribution in [2.45, 2.75) is 39.4 Å². The van der Waals surface area contributed by atoms with Gasteiger partial charge in [0, 0.05) is 23.3 Å². The van der Waals surface area contributed by atoms with E-state index in [9.17, 15) is 0 Å². The first-order chi connectivity index (χ1) is 8.94. The van der Waals surface area contributed by atoms with Gasteiger partial charge in [0.2, 0.25) is 0 Å². The molecule has 2 rings (SSSR count). The predicted molar refractivity (Wildman–Crippen MR) is 79.4 cm³/mol. The number of aromatic nitrogens is 2. The van der Waals surface area contributed by atoms with Crippen LogP contribution in [0, 0.1) is 0 Å². The highest BCUT2D eigenvalue weighted by Gasteiger charge is 2.10. The topological polar surface area (TPSA) is 29.9 Å². The summed E-state index contributed by atoms with van der Waals surface area (Å²) >= 11 is 5.89. The SMILES string of the molecule is CC(C)(C)NCc1ccnn1Cc1ccc(Cl)cc1. The zero-order chi connectivity index (χ0) is 13.9. The van der Waals surface area contributed by atoms with Crippen LogP contribution >= 0.6 is 11.6 Å². The maximum Gasteiger partial charge on any atom is 0.0663 e. The van der Waals surface area contributed by atoms with Gasteiger partial charge in [0.25, 0.3) is 0 Å². The van der Waals surface area contributed by atoms with Crippen molar-refractivity contribution in [1.29, 1.82) is 0 Å². The summed E-state index contributed by atoms with van der Waals surface area (Å²) in [5.41, 5.74) is 2.49. The Labute approximate surface area is 119 Å². The molecule has 0 spiro atoms. The Hall–Kier alpha value is -1.32. The summed E-state index contributed by atoms with van der Waals surface area (Å²) in [5.74, 6) is 0. The summed E-state index contributed by atoms with van der Waals surface area (Å²) < 4.78 is 2.02. The van der Waals surface area contributed by atoms with Gasteiger partial charge < -0.3 is 5.32 Å². The normalized spacial score (nSPS) is 11.8. The molecule has 0 bridgehead atoms. The summed E-state index contributed by atoms with van der Waals surface area (Å²) in [6, 6.07) is 9.94. The molecule has 0 atom stereocenters. The van der Waals surface area contributed by atoms with Gasteiger partial charge in [-0.05, 0) is 44.5 Å². The molecule has 1 heterocycles. The lowest BCUT2D eigenvalue weighted by Crippen LogP contribution is -2.35. The Bertz CT molecular complexity index is 523. The van der Waals surface area contributed by atoms with Crippen LogP contribution < -0.4 is 5.32 Å². The van der Waals surface area contributed by atoms with Gasteiger partial charge in [-0.2, -0.15) is 5.10 Å². The second kappa shape index (κ2) is 5.76. The lowest BCUT2D eigenvalue weighted by atomic mass is 10.1. The van der Waals surface area contributed by atoms with E-state index in [1.54, 1.807) is 0 Å². The van der Waals surface area contributed by atoms with Crippen LogP contribution in [0.3, 0.4) is 0 Å². The molecule has 0 aliphatic heterocycles. The minimum absolute atomic E-state index is 0.107. The van der Waals surface area contributed by atoms with E-state index >= 15 is 0 Å². The van der Waals surface area contributed by atoms with Crippen molar-refractivity contribution in [3.05, 3.63) is 52.8 Å². The molecular weight excluding hydrogens is 258 g/mol. The fourth-order valence-corrected chi connectivity index (χ4v) is 1.90. The van der Waals surface area contributed by atoms with Gasteiger partial charge in [0.1, 0.15) is 0 Å². The van der Waals surface area contributed by atoms with Gasteiger partial charge in [0.15, 0.2) is 0 Å². The molecule has 3 nitrogen and oxygen atoms in total. The van der Waals surface area contributed by atoms with Crippen LogP contribution in [0.2, 0.25) is 5.02 Å². The van der Waals surface area contributed by atoms with Gasteiger partial charge in [-0.3, -0.25) is 4.68 Å². The van der Waals surface area contributed by atoms with Crippen molar-refractivity contribution in [3.63, 3.8) is 0 Å². The highest BCUT2D eigenvalue weighted by molar-refractivity contribution is 6.30. The van der Waals surface area contributed by atoms with Crippen molar-refractivity contribution in [2.24, 2.45) is 0 Å². The third-order valence-electron chi connectivity index (χ3n) is 2.85. The summed E-state index contributed by atoms with van der Waals surface area (Å²) in [7, 11) is 0. The monoisotopic (exact) mass is 277 g/mol. The average Bonchev–Trinajstić information content (AvgIpc) is 2.76. The van der Waals surface area contributed by atoms with E-state index in [0.717, 1.165) is 18.1 Å². The molecule has 19 heavy (non-hydrogen) atoms. The van der Waals surface area contributed by atoms with Crippen LogP contribution in [0.25, 0.3) is 0 Å². The van der Waals surface area contributed by atoms with Gasteiger partial charge in [-0.1, -0.05) is 23.7 Å². The van der Waals surface area contributed by atoms with Gasteiger partial charge in [-0.15, -0.1) is 0 Å². The molecule has 1 N–H and O–H groups in total. The molecule has 0 fully saturated rings. The molecule has 0 amide bonds. The van der Waals surface area contributed by atoms with Gasteiger partial charge >= 0.3 is 0 Å². The number of nitrogens with one attached hydrogen (secondary N) is 1. The molecule has 0 aliphatic rings. The van der Waals surface area contributed by atoms with Crippen molar-refractivity contribution >= 4 is 11.6 Å². The summed E-state index contributed by atoms with van der Waals surface area (Å²) in [6.45, 7) is 8.06. The number of hydrogen-bond donors (Lipinski definition) is 1. The smallest absolute Gasteiger partial charge is 0.0663 e. The average molecular weight is 278 g/mol. The Kier molecular flexibility index (Phi) is 4.27. The summed E-state index contributed by atoms with van der Waals surface area (Å²) in [4.78, 5) is 0. The molecular formula is C15H20ClN3. The summed E-state index contributed by atoms with van der Waals surface area (Å²) in [6.07, 6.45) is 1.84. The molecule has 1 aromatic heterocycles. The largest absolute Gasteiger partial charge is 0.306 e. The molecule has 0 aliphatic carbocycles. The highest BCUT2D eigenvalue weighted by Crippen LogP contribution is 2.12. The van der Waals surface area contributed by atoms with E-state index < -0.39 is 0 Å². The van der Waals surface area contributed by atoms with E-state index in [4.69, 9.17) is 11.6 Å². The predicted octanol–water partition coefficient (Wildman–Crippen LogP) is 3.47. The zero-order valence-corrected chi connectivity index (χ0v) is 12.4. The molecule has 0 unspecified atom stereocenters. The second-order valence-electron chi connectivity index (χ2n) is 5.71. The van der Waals surface area contributed by atoms with E-state index in [1.165, 1.54) is 11.3 Å². The Morgan fingerprint density at radius 1 is 1.16 bits per heavy atom. The first kappa shape index (κ1) is 14.1. The highest BCUT2D eigenvalue weighted by atomic mass is 35.5. The minimum atomic E-state index is 0.107. The molecule has 1 aromatic carbocycles. The van der Waals surface area contributed by atoms with Crippen molar-refractivity contribution in [2.75, 3.05) is 0 Å². The molecule has 4 heteroatoms. The lowest BCUT2D eigenvalue weighted by Gasteiger charge is -2.20. The van der Waals surface area contributed by atoms with Crippen molar-refractivity contribution in [1.82, 2.24) is 15.1 Å². The fraction of sp³-hybridized carbons (Fsp3) is 0.400. The number of nitrogens with zero attached hydrogens (tertiary/aromatic N) is 2. The van der Waals surface area contributed by atoms with E-state index in [1.807, 2.05) is 35.1 Å². The zero-order valence-electron chi connectivity index (χ0n) is 11.7. The standard InChI is InChI=1S/C15H20ClN3/c1-15(2,3)17-10-14-8-9-18-19(14)11-12-4-6-13(16)7-5-12/h4-9,17H,10-11H2,1-3H3. The van der Waals surface area contributed by atoms with Gasteiger partial charge in [-0.25, -0.2) is 0 Å². The maximum atomic E-state index is 5.89. The molecule has 102 valence electrons. The lowest BCUT2D eigenvalue weighted by molar-refractivity contribution is 0.414. The Morgan fingerprint density at radius 2 is 1.84 bits per heavy atom. The number of halogens is 1. The Morgan fingerprint density at radius 3 is 2.47 bits per heavy atom. The van der Waals surface area contributed by atoms with Gasteiger partial charge in [0.05, 0.1) is 12.2 Å². The summed E-state index contributed by atoms with van der Waals surface area (Å²) in [5, 5.41) is 8.62. The number of rotatable bonds is 4. The molecule has 0 saturated carbocycles. The van der Waals surface area contributed by atoms with Crippen LogP contribution in [-0.2, 0) is 13.1 Å². The third kappa shape index (κ3) is 4.37. The second-order valence-corrected chi connectivity index (χ2v) is 6.15. The minimum Gasteiger partial charge on any atom is -0.306 e. The van der Waals surface area contributed by atoms with E-state index in [0.29, 0.717) is 0 Å². The fourth-order valence-electron chi connectivity index (χ4n) is 1.77. The maximum absolute atomic E-state index is 5.89. The molecule has 2 aromatic rings. The van der Waals surface area contributed by atoms with Crippen LogP contribution in [0.1, 0.15) is 32.0 Å². The van der Waals surface area contributed by atoms with Crippen molar-refractivity contribution in [3.8, 4) is 0 Å². The van der Waals surface area contributed by atoms with E-state index in [-0.39, 0.29) is 5.54 Å². The number of benzene rings is 1. The quantitative estimate of drug-likeness (QED) is 0.927. The van der Waals surface area contributed by atoms with Crippen LogP contribution in [0.5, 0.6) is 0 Å². The van der Waals surface area contributed by atoms with Crippen LogP contribution in [-0.4, -0.2) is 15.3 Å². The van der Waals surface area contributed by atoms with Crippen molar-refractivity contribution < 1.29 is 0 Å². The van der Waals surface area contributed by atoms with E-state index in [2.05, 4.69) is 37.3 Å². The Balaban J connectivity index is 2.05.